The molecule has 24 heavy (non-hydrogen) atoms. The topological polar surface area (TPSA) is 34.0 Å². The summed E-state index contributed by atoms with van der Waals surface area (Å²) in [7, 11) is 0. The highest BCUT2D eigenvalue weighted by Gasteiger charge is 1.99. The minimum absolute atomic E-state index is 0.547. The van der Waals surface area contributed by atoms with Crippen molar-refractivity contribution in [2.45, 2.75) is 13.5 Å². The van der Waals surface area contributed by atoms with E-state index in [0.717, 1.165) is 28.3 Å². The van der Waals surface area contributed by atoms with Crippen LogP contribution in [0, 0.1) is 6.92 Å². The Kier molecular flexibility index (Phi) is 5.24. The van der Waals surface area contributed by atoms with Crippen LogP contribution >= 0.6 is 11.6 Å². The van der Waals surface area contributed by atoms with E-state index in [9.17, 15) is 0 Å². The van der Waals surface area contributed by atoms with Crippen molar-refractivity contribution in [2.24, 2.45) is 10.2 Å². The van der Waals surface area contributed by atoms with Crippen LogP contribution in [0.5, 0.6) is 5.75 Å². The average Bonchev–Trinajstić information content (AvgIpc) is 2.61. The summed E-state index contributed by atoms with van der Waals surface area (Å²) in [4.78, 5) is 0. The standard InChI is InChI=1S/C20H17ClN2O/c1-15-13-17(21)7-12-20(15)23-22-18-8-10-19(11-9-18)24-14-16-5-3-2-4-6-16/h2-13H,14H2,1H3. The maximum atomic E-state index is 5.94. The molecule has 0 N–H and O–H groups in total. The lowest BCUT2D eigenvalue weighted by Crippen LogP contribution is -1.94. The van der Waals surface area contributed by atoms with Gasteiger partial charge in [0.25, 0.3) is 0 Å². The highest BCUT2D eigenvalue weighted by Crippen LogP contribution is 2.25. The molecule has 3 rings (SSSR count). The second kappa shape index (κ2) is 7.75. The maximum Gasteiger partial charge on any atom is 0.119 e. The van der Waals surface area contributed by atoms with E-state index >= 15 is 0 Å². The third-order valence-electron chi connectivity index (χ3n) is 3.52. The second-order valence-electron chi connectivity index (χ2n) is 5.40. The fourth-order valence-electron chi connectivity index (χ4n) is 2.19. The molecule has 3 aromatic rings. The predicted molar refractivity (Wildman–Crippen MR) is 97.6 cm³/mol. The molecule has 0 bridgehead atoms. The summed E-state index contributed by atoms with van der Waals surface area (Å²) in [5.41, 5.74) is 3.72. The quantitative estimate of drug-likeness (QED) is 0.480. The lowest BCUT2D eigenvalue weighted by atomic mass is 10.2. The molecular formula is C20H17ClN2O. The van der Waals surface area contributed by atoms with E-state index in [0.29, 0.717) is 11.6 Å². The largest absolute Gasteiger partial charge is 0.489 e. The number of azo groups is 1. The van der Waals surface area contributed by atoms with Crippen LogP contribution in [0.2, 0.25) is 5.02 Å². The van der Waals surface area contributed by atoms with Crippen LogP contribution in [-0.4, -0.2) is 0 Å². The Morgan fingerprint density at radius 3 is 2.33 bits per heavy atom. The van der Waals surface area contributed by atoms with Crippen molar-refractivity contribution in [3.05, 3.63) is 88.9 Å². The van der Waals surface area contributed by atoms with Crippen LogP contribution in [0.3, 0.4) is 0 Å². The van der Waals surface area contributed by atoms with E-state index in [4.69, 9.17) is 16.3 Å². The molecule has 3 aromatic carbocycles. The molecule has 0 heterocycles. The van der Waals surface area contributed by atoms with Gasteiger partial charge in [-0.3, -0.25) is 0 Å². The number of benzene rings is 3. The number of rotatable bonds is 5. The predicted octanol–water partition coefficient (Wildman–Crippen LogP) is 6.64. The van der Waals surface area contributed by atoms with E-state index < -0.39 is 0 Å². The summed E-state index contributed by atoms with van der Waals surface area (Å²) in [5.74, 6) is 0.806. The Balaban J connectivity index is 1.63. The molecule has 0 aliphatic heterocycles. The van der Waals surface area contributed by atoms with Crippen molar-refractivity contribution in [2.75, 3.05) is 0 Å². The van der Waals surface area contributed by atoms with E-state index in [-0.39, 0.29) is 0 Å². The molecule has 0 fully saturated rings. The number of halogens is 1. The van der Waals surface area contributed by atoms with Gasteiger partial charge in [-0.1, -0.05) is 41.9 Å². The van der Waals surface area contributed by atoms with Crippen LogP contribution in [0.4, 0.5) is 11.4 Å². The van der Waals surface area contributed by atoms with E-state index in [1.54, 1.807) is 0 Å². The Hall–Kier alpha value is -2.65. The van der Waals surface area contributed by atoms with Gasteiger partial charge in [0.15, 0.2) is 0 Å². The summed E-state index contributed by atoms with van der Waals surface area (Å²) in [6.07, 6.45) is 0. The van der Waals surface area contributed by atoms with Gasteiger partial charge in [0.05, 0.1) is 11.4 Å². The van der Waals surface area contributed by atoms with Gasteiger partial charge in [0, 0.05) is 5.02 Å². The van der Waals surface area contributed by atoms with Crippen LogP contribution < -0.4 is 4.74 Å². The molecule has 0 radical (unpaired) electrons. The van der Waals surface area contributed by atoms with Crippen molar-refractivity contribution in [3.63, 3.8) is 0 Å². The zero-order valence-electron chi connectivity index (χ0n) is 13.3. The van der Waals surface area contributed by atoms with Gasteiger partial charge in [-0.15, -0.1) is 0 Å². The van der Waals surface area contributed by atoms with Gasteiger partial charge < -0.3 is 4.74 Å². The summed E-state index contributed by atoms with van der Waals surface area (Å²) >= 11 is 5.94. The van der Waals surface area contributed by atoms with Crippen molar-refractivity contribution >= 4 is 23.0 Å². The molecule has 0 saturated heterocycles. The van der Waals surface area contributed by atoms with E-state index in [1.807, 2.05) is 79.7 Å². The lowest BCUT2D eigenvalue weighted by molar-refractivity contribution is 0.306. The molecule has 120 valence electrons. The minimum atomic E-state index is 0.547. The first-order valence-corrected chi connectivity index (χ1v) is 8.03. The molecule has 0 aromatic heterocycles. The Morgan fingerprint density at radius 2 is 1.62 bits per heavy atom. The van der Waals surface area contributed by atoms with Crippen molar-refractivity contribution in [1.29, 1.82) is 0 Å². The average molecular weight is 337 g/mol. The fraction of sp³-hybridized carbons (Fsp3) is 0.100. The van der Waals surface area contributed by atoms with E-state index in [1.165, 1.54) is 0 Å². The maximum absolute atomic E-state index is 5.94. The van der Waals surface area contributed by atoms with Crippen molar-refractivity contribution < 1.29 is 4.74 Å². The lowest BCUT2D eigenvalue weighted by Gasteiger charge is -2.06. The first-order chi connectivity index (χ1) is 11.7. The smallest absolute Gasteiger partial charge is 0.119 e. The minimum Gasteiger partial charge on any atom is -0.489 e. The van der Waals surface area contributed by atoms with Crippen LogP contribution in [0.1, 0.15) is 11.1 Å². The normalized spacial score (nSPS) is 10.9. The number of nitrogens with zero attached hydrogens (tertiary/aromatic N) is 2. The molecule has 0 aliphatic rings. The summed E-state index contributed by atoms with van der Waals surface area (Å²) in [6.45, 7) is 2.51. The zero-order chi connectivity index (χ0) is 16.8. The van der Waals surface area contributed by atoms with E-state index in [2.05, 4.69) is 10.2 Å². The summed E-state index contributed by atoms with van der Waals surface area (Å²) < 4.78 is 5.76. The number of aryl methyl sites for hydroxylation is 1. The first kappa shape index (κ1) is 16.2. The van der Waals surface area contributed by atoms with Crippen LogP contribution in [0.25, 0.3) is 0 Å². The number of hydrogen-bond acceptors (Lipinski definition) is 3. The monoisotopic (exact) mass is 336 g/mol. The van der Waals surface area contributed by atoms with Crippen molar-refractivity contribution in [3.8, 4) is 5.75 Å². The number of hydrogen-bond donors (Lipinski definition) is 0. The molecule has 0 atom stereocenters. The molecule has 4 heteroatoms. The molecule has 0 amide bonds. The van der Waals surface area contributed by atoms with Gasteiger partial charge in [-0.05, 0) is 60.5 Å². The number of ether oxygens (including phenoxy) is 1. The Labute approximate surface area is 146 Å². The van der Waals surface area contributed by atoms with Gasteiger partial charge >= 0.3 is 0 Å². The fourth-order valence-corrected chi connectivity index (χ4v) is 2.42. The SMILES string of the molecule is Cc1cc(Cl)ccc1N=Nc1ccc(OCc2ccccc2)cc1. The van der Waals surface area contributed by atoms with Gasteiger partial charge in [-0.25, -0.2) is 0 Å². The highest BCUT2D eigenvalue weighted by molar-refractivity contribution is 6.30. The molecule has 0 unspecified atom stereocenters. The molecule has 0 saturated carbocycles. The van der Waals surface area contributed by atoms with Gasteiger partial charge in [-0.2, -0.15) is 10.2 Å². The summed E-state index contributed by atoms with van der Waals surface area (Å²) in [6, 6.07) is 23.2. The Bertz CT molecular complexity index is 830. The van der Waals surface area contributed by atoms with Crippen molar-refractivity contribution in [1.82, 2.24) is 0 Å². The summed E-state index contributed by atoms with van der Waals surface area (Å²) in [5, 5.41) is 9.22. The molecule has 0 aliphatic carbocycles. The zero-order valence-corrected chi connectivity index (χ0v) is 14.1. The molecule has 0 spiro atoms. The van der Waals surface area contributed by atoms with Crippen LogP contribution in [-0.2, 0) is 6.61 Å². The first-order valence-electron chi connectivity index (χ1n) is 7.65. The van der Waals surface area contributed by atoms with Crippen LogP contribution in [0.15, 0.2) is 83.0 Å². The Morgan fingerprint density at radius 1 is 0.875 bits per heavy atom. The molecule has 3 nitrogen and oxygen atoms in total. The third kappa shape index (κ3) is 4.43. The van der Waals surface area contributed by atoms with Gasteiger partial charge in [0.2, 0.25) is 0 Å². The highest BCUT2D eigenvalue weighted by atomic mass is 35.5. The third-order valence-corrected chi connectivity index (χ3v) is 3.75. The molecular weight excluding hydrogens is 320 g/mol. The second-order valence-corrected chi connectivity index (χ2v) is 5.84. The van der Waals surface area contributed by atoms with Gasteiger partial charge in [0.1, 0.15) is 12.4 Å².